The Kier molecular flexibility index (Phi) is 3.89. The molecule has 1 aromatic heterocycles. The minimum Gasteiger partial charge on any atom is -0.496 e. The summed E-state index contributed by atoms with van der Waals surface area (Å²) in [4.78, 5) is 8.80. The molecule has 0 bridgehead atoms. The van der Waals surface area contributed by atoms with Crippen LogP contribution in [0.5, 0.6) is 5.75 Å². The van der Waals surface area contributed by atoms with Gasteiger partial charge >= 0.3 is 0 Å². The summed E-state index contributed by atoms with van der Waals surface area (Å²) in [6, 6.07) is 10.8. The molecule has 2 aromatic carbocycles. The van der Waals surface area contributed by atoms with E-state index in [1.54, 1.807) is 19.2 Å². The van der Waals surface area contributed by atoms with Crippen molar-refractivity contribution in [3.05, 3.63) is 51.6 Å². The minimum absolute atomic E-state index is 0.258. The Labute approximate surface area is 136 Å². The lowest BCUT2D eigenvalue weighted by atomic mass is 10.1. The molecule has 0 fully saturated rings. The van der Waals surface area contributed by atoms with E-state index in [2.05, 4.69) is 9.97 Å². The van der Waals surface area contributed by atoms with Gasteiger partial charge in [0.2, 0.25) is 0 Å². The monoisotopic (exact) mass is 338 g/mol. The Morgan fingerprint density at radius 2 is 1.62 bits per heavy atom. The van der Waals surface area contributed by atoms with Crippen LogP contribution < -0.4 is 4.74 Å². The summed E-state index contributed by atoms with van der Waals surface area (Å²) >= 11 is 18.6. The lowest BCUT2D eigenvalue weighted by Gasteiger charge is -2.10. The minimum atomic E-state index is 0.258. The fourth-order valence-corrected chi connectivity index (χ4v) is 2.84. The van der Waals surface area contributed by atoms with Crippen LogP contribution in [0.25, 0.3) is 22.3 Å². The molecule has 0 saturated heterocycles. The van der Waals surface area contributed by atoms with Crippen LogP contribution >= 0.6 is 34.8 Å². The van der Waals surface area contributed by atoms with Gasteiger partial charge in [-0.25, -0.2) is 9.97 Å². The zero-order valence-corrected chi connectivity index (χ0v) is 13.2. The van der Waals surface area contributed by atoms with Gasteiger partial charge in [0.15, 0.2) is 5.82 Å². The van der Waals surface area contributed by atoms with Gasteiger partial charge in [-0.2, -0.15) is 0 Å². The molecule has 106 valence electrons. The van der Waals surface area contributed by atoms with E-state index in [0.717, 1.165) is 5.56 Å². The number of ether oxygens (including phenoxy) is 1. The number of benzene rings is 2. The molecule has 3 aromatic rings. The first-order valence-corrected chi connectivity index (χ1v) is 7.20. The van der Waals surface area contributed by atoms with Crippen molar-refractivity contribution in [1.82, 2.24) is 9.97 Å². The Bertz CT molecular complexity index is 837. The lowest BCUT2D eigenvalue weighted by molar-refractivity contribution is 0.416. The topological polar surface area (TPSA) is 35.0 Å². The molecule has 21 heavy (non-hydrogen) atoms. The third kappa shape index (κ3) is 2.53. The van der Waals surface area contributed by atoms with Gasteiger partial charge in [0, 0.05) is 0 Å². The molecule has 0 aliphatic rings. The van der Waals surface area contributed by atoms with Crippen LogP contribution in [0.15, 0.2) is 36.4 Å². The second-order valence-corrected chi connectivity index (χ2v) is 5.46. The molecule has 3 rings (SSSR count). The van der Waals surface area contributed by atoms with Crippen LogP contribution in [0.4, 0.5) is 0 Å². The molecule has 0 amide bonds. The number of hydrogen-bond acceptors (Lipinski definition) is 3. The molecule has 0 N–H and O–H groups in total. The Balaban J connectivity index is 2.33. The predicted molar refractivity (Wildman–Crippen MR) is 86.6 cm³/mol. The van der Waals surface area contributed by atoms with E-state index in [0.29, 0.717) is 32.5 Å². The van der Waals surface area contributed by atoms with Crippen LogP contribution in [0.1, 0.15) is 0 Å². The largest absolute Gasteiger partial charge is 0.496 e. The third-order valence-corrected chi connectivity index (χ3v) is 3.95. The number of aromatic nitrogens is 2. The van der Waals surface area contributed by atoms with E-state index in [9.17, 15) is 0 Å². The second kappa shape index (κ2) is 5.68. The van der Waals surface area contributed by atoms with Crippen molar-refractivity contribution in [1.29, 1.82) is 0 Å². The maximum Gasteiger partial charge on any atom is 0.165 e. The number of rotatable bonds is 2. The number of para-hydroxylation sites is 1. The summed E-state index contributed by atoms with van der Waals surface area (Å²) in [6.07, 6.45) is 0. The fraction of sp³-hybridized carbons (Fsp3) is 0.0667. The van der Waals surface area contributed by atoms with Crippen molar-refractivity contribution >= 4 is 45.7 Å². The number of hydrogen-bond donors (Lipinski definition) is 0. The highest BCUT2D eigenvalue weighted by Gasteiger charge is 2.15. The van der Waals surface area contributed by atoms with Crippen molar-refractivity contribution in [2.24, 2.45) is 0 Å². The van der Waals surface area contributed by atoms with Gasteiger partial charge < -0.3 is 4.74 Å². The molecule has 0 unspecified atom stereocenters. The quantitative estimate of drug-likeness (QED) is 0.597. The van der Waals surface area contributed by atoms with Crippen molar-refractivity contribution < 1.29 is 4.74 Å². The number of fused-ring (bicyclic) bond motifs is 1. The summed E-state index contributed by atoms with van der Waals surface area (Å²) in [5, 5.41) is 1.73. The zero-order valence-electron chi connectivity index (χ0n) is 10.9. The maximum absolute atomic E-state index is 6.25. The number of methoxy groups -OCH3 is 1. The van der Waals surface area contributed by atoms with Crippen LogP contribution in [0.3, 0.4) is 0 Å². The standard InChI is InChI=1S/C15H9Cl3N2O/c1-21-11-5-3-2-4-8(11)15-19-13-10(17)7-6-9(16)12(13)14(18)20-15/h2-7H,1H3. The van der Waals surface area contributed by atoms with Crippen LogP contribution in [-0.2, 0) is 0 Å². The SMILES string of the molecule is COc1ccccc1-c1nc(Cl)c2c(Cl)ccc(Cl)c2n1. The van der Waals surface area contributed by atoms with Crippen molar-refractivity contribution in [3.8, 4) is 17.1 Å². The number of nitrogens with zero attached hydrogens (tertiary/aromatic N) is 2. The van der Waals surface area contributed by atoms with Gasteiger partial charge in [-0.15, -0.1) is 0 Å². The van der Waals surface area contributed by atoms with E-state index in [1.807, 2.05) is 24.3 Å². The molecular formula is C15H9Cl3N2O. The molecule has 0 saturated carbocycles. The Hall–Kier alpha value is -1.55. The van der Waals surface area contributed by atoms with Gasteiger partial charge in [0.1, 0.15) is 10.9 Å². The lowest BCUT2D eigenvalue weighted by Crippen LogP contribution is -1.95. The molecule has 1 heterocycles. The average Bonchev–Trinajstić information content (AvgIpc) is 2.50. The Morgan fingerprint density at radius 3 is 2.38 bits per heavy atom. The van der Waals surface area contributed by atoms with Crippen LogP contribution in [0.2, 0.25) is 15.2 Å². The van der Waals surface area contributed by atoms with Gasteiger partial charge in [0.25, 0.3) is 0 Å². The molecular weight excluding hydrogens is 331 g/mol. The molecule has 0 radical (unpaired) electrons. The zero-order chi connectivity index (χ0) is 15.0. The van der Waals surface area contributed by atoms with Gasteiger partial charge in [0.05, 0.1) is 33.6 Å². The molecule has 0 spiro atoms. The highest BCUT2D eigenvalue weighted by atomic mass is 35.5. The van der Waals surface area contributed by atoms with Crippen LogP contribution in [-0.4, -0.2) is 17.1 Å². The van der Waals surface area contributed by atoms with E-state index < -0.39 is 0 Å². The van der Waals surface area contributed by atoms with E-state index in [1.165, 1.54) is 0 Å². The normalized spacial score (nSPS) is 10.9. The van der Waals surface area contributed by atoms with Crippen LogP contribution in [0, 0.1) is 0 Å². The van der Waals surface area contributed by atoms with E-state index in [4.69, 9.17) is 39.5 Å². The molecule has 3 nitrogen and oxygen atoms in total. The van der Waals surface area contributed by atoms with E-state index in [-0.39, 0.29) is 5.15 Å². The summed E-state index contributed by atoms with van der Waals surface area (Å²) < 4.78 is 5.32. The second-order valence-electron chi connectivity index (χ2n) is 4.29. The summed E-state index contributed by atoms with van der Waals surface area (Å²) in [5.41, 5.74) is 1.25. The first kappa shape index (κ1) is 14.4. The van der Waals surface area contributed by atoms with Gasteiger partial charge in [-0.1, -0.05) is 46.9 Å². The average molecular weight is 340 g/mol. The van der Waals surface area contributed by atoms with Gasteiger partial charge in [-0.05, 0) is 24.3 Å². The van der Waals surface area contributed by atoms with Crippen molar-refractivity contribution in [2.45, 2.75) is 0 Å². The summed E-state index contributed by atoms with van der Waals surface area (Å²) in [7, 11) is 1.59. The maximum atomic E-state index is 6.25. The molecule has 6 heteroatoms. The summed E-state index contributed by atoms with van der Waals surface area (Å²) in [6.45, 7) is 0. The number of halogens is 3. The third-order valence-electron chi connectivity index (χ3n) is 3.05. The Morgan fingerprint density at radius 1 is 0.905 bits per heavy atom. The molecule has 0 aliphatic heterocycles. The summed E-state index contributed by atoms with van der Waals surface area (Å²) in [5.74, 6) is 1.10. The molecule has 0 atom stereocenters. The first-order chi connectivity index (χ1) is 10.1. The smallest absolute Gasteiger partial charge is 0.165 e. The first-order valence-electron chi connectivity index (χ1n) is 6.06. The highest BCUT2D eigenvalue weighted by molar-refractivity contribution is 6.44. The predicted octanol–water partition coefficient (Wildman–Crippen LogP) is 5.27. The van der Waals surface area contributed by atoms with Crippen molar-refractivity contribution in [2.75, 3.05) is 7.11 Å². The van der Waals surface area contributed by atoms with Gasteiger partial charge in [-0.3, -0.25) is 0 Å². The van der Waals surface area contributed by atoms with E-state index >= 15 is 0 Å². The van der Waals surface area contributed by atoms with Crippen molar-refractivity contribution in [3.63, 3.8) is 0 Å². The fourth-order valence-electron chi connectivity index (χ4n) is 2.08. The highest BCUT2D eigenvalue weighted by Crippen LogP contribution is 2.36. The molecule has 0 aliphatic carbocycles.